The van der Waals surface area contributed by atoms with Crippen LogP contribution < -0.4 is 15.4 Å². The highest BCUT2D eigenvalue weighted by atomic mass is 16.5. The van der Waals surface area contributed by atoms with Crippen molar-refractivity contribution in [1.82, 2.24) is 4.98 Å². The van der Waals surface area contributed by atoms with Crippen LogP contribution in [0.4, 0.5) is 10.5 Å². The molecule has 1 atom stereocenters. The van der Waals surface area contributed by atoms with E-state index in [0.29, 0.717) is 18.0 Å². The number of hydrogen-bond donors (Lipinski definition) is 1. The smallest absolute Gasteiger partial charge is 0.319 e. The minimum Gasteiger partial charge on any atom is -0.495 e. The van der Waals surface area contributed by atoms with Gasteiger partial charge in [-0.25, -0.2) is 4.79 Å². The third-order valence-corrected chi connectivity index (χ3v) is 6.30. The molecule has 1 unspecified atom stereocenters. The van der Waals surface area contributed by atoms with Crippen molar-refractivity contribution in [2.75, 3.05) is 18.6 Å². The lowest BCUT2D eigenvalue weighted by Gasteiger charge is -2.29. The van der Waals surface area contributed by atoms with Gasteiger partial charge in [-0.2, -0.15) is 0 Å². The Labute approximate surface area is 195 Å². The fourth-order valence-corrected chi connectivity index (χ4v) is 4.66. The van der Waals surface area contributed by atoms with Gasteiger partial charge in [0.2, 0.25) is 0 Å². The number of carbonyl (C=O) groups is 1. The van der Waals surface area contributed by atoms with Crippen LogP contribution in [0.5, 0.6) is 5.75 Å². The van der Waals surface area contributed by atoms with Crippen molar-refractivity contribution in [3.63, 3.8) is 0 Å². The number of fused-ring (bicyclic) bond motifs is 2. The van der Waals surface area contributed by atoms with Gasteiger partial charge in [-0.1, -0.05) is 68.7 Å². The molecule has 5 nitrogen and oxygen atoms in total. The van der Waals surface area contributed by atoms with Crippen LogP contribution in [0.15, 0.2) is 72.9 Å². The van der Waals surface area contributed by atoms with Crippen molar-refractivity contribution < 1.29 is 9.53 Å². The highest BCUT2D eigenvalue weighted by molar-refractivity contribution is 6.04. The summed E-state index contributed by atoms with van der Waals surface area (Å²) in [6.45, 7) is 2.67. The molecule has 3 aromatic carbocycles. The van der Waals surface area contributed by atoms with Gasteiger partial charge in [-0.05, 0) is 47.0 Å². The SMILES string of the molecule is CCCCCC(CN(C(N)=O)c1c(OC)ccc2ncccc12)c1cccc2ccccc12. The number of primary amides is 1. The van der Waals surface area contributed by atoms with Gasteiger partial charge in [-0.3, -0.25) is 9.88 Å². The van der Waals surface area contributed by atoms with Crippen LogP contribution in [0, 0.1) is 0 Å². The first-order valence-corrected chi connectivity index (χ1v) is 11.6. The number of carbonyl (C=O) groups excluding carboxylic acids is 1. The van der Waals surface area contributed by atoms with Gasteiger partial charge in [0.25, 0.3) is 0 Å². The fourth-order valence-electron chi connectivity index (χ4n) is 4.66. The quantitative estimate of drug-likeness (QED) is 0.296. The molecule has 0 radical (unpaired) electrons. The molecular weight excluding hydrogens is 410 g/mol. The molecule has 0 bridgehead atoms. The van der Waals surface area contributed by atoms with Crippen LogP contribution in [0.2, 0.25) is 0 Å². The molecule has 0 aliphatic heterocycles. The number of rotatable bonds is 9. The van der Waals surface area contributed by atoms with E-state index in [1.807, 2.05) is 24.3 Å². The molecule has 0 spiro atoms. The minimum atomic E-state index is -0.495. The van der Waals surface area contributed by atoms with Gasteiger partial charge in [0.05, 0.1) is 18.3 Å². The number of methoxy groups -OCH3 is 1. The third kappa shape index (κ3) is 4.77. The van der Waals surface area contributed by atoms with E-state index >= 15 is 0 Å². The van der Waals surface area contributed by atoms with Crippen molar-refractivity contribution in [2.45, 2.75) is 38.5 Å². The van der Waals surface area contributed by atoms with Crippen molar-refractivity contribution in [2.24, 2.45) is 5.73 Å². The summed E-state index contributed by atoms with van der Waals surface area (Å²) < 4.78 is 5.66. The molecular formula is C28H31N3O2. The number of anilines is 1. The predicted molar refractivity (Wildman–Crippen MR) is 136 cm³/mol. The van der Waals surface area contributed by atoms with Gasteiger partial charge in [-0.15, -0.1) is 0 Å². The summed E-state index contributed by atoms with van der Waals surface area (Å²) in [5, 5.41) is 3.27. The lowest BCUT2D eigenvalue weighted by atomic mass is 9.88. The number of ether oxygens (including phenoxy) is 1. The van der Waals surface area contributed by atoms with Gasteiger partial charge in [0.15, 0.2) is 0 Å². The number of unbranched alkanes of at least 4 members (excludes halogenated alkanes) is 2. The number of amides is 2. The second-order valence-corrected chi connectivity index (χ2v) is 8.40. The van der Waals surface area contributed by atoms with Crippen LogP contribution in [-0.2, 0) is 0 Å². The molecule has 170 valence electrons. The van der Waals surface area contributed by atoms with E-state index < -0.39 is 6.03 Å². The first-order valence-electron chi connectivity index (χ1n) is 11.6. The molecule has 2 amide bonds. The zero-order chi connectivity index (χ0) is 23.2. The number of hydrogen-bond acceptors (Lipinski definition) is 3. The van der Waals surface area contributed by atoms with Gasteiger partial charge >= 0.3 is 6.03 Å². The number of urea groups is 1. The van der Waals surface area contributed by atoms with Crippen LogP contribution >= 0.6 is 0 Å². The minimum absolute atomic E-state index is 0.131. The number of nitrogens with two attached hydrogens (primary N) is 1. The van der Waals surface area contributed by atoms with Crippen LogP contribution in [0.25, 0.3) is 21.7 Å². The molecule has 0 aliphatic carbocycles. The van der Waals surface area contributed by atoms with E-state index in [2.05, 4.69) is 54.4 Å². The first kappa shape index (κ1) is 22.6. The lowest BCUT2D eigenvalue weighted by Crippen LogP contribution is -2.39. The molecule has 0 saturated carbocycles. The zero-order valence-corrected chi connectivity index (χ0v) is 19.3. The molecule has 5 heteroatoms. The summed E-state index contributed by atoms with van der Waals surface area (Å²) in [4.78, 5) is 19.0. The molecule has 1 heterocycles. The average Bonchev–Trinajstić information content (AvgIpc) is 2.85. The van der Waals surface area contributed by atoms with E-state index in [4.69, 9.17) is 10.5 Å². The van der Waals surface area contributed by atoms with E-state index in [-0.39, 0.29) is 5.92 Å². The Morgan fingerprint density at radius 3 is 2.58 bits per heavy atom. The monoisotopic (exact) mass is 441 g/mol. The van der Waals surface area contributed by atoms with Crippen molar-refractivity contribution in [3.8, 4) is 5.75 Å². The average molecular weight is 442 g/mol. The zero-order valence-electron chi connectivity index (χ0n) is 19.3. The lowest BCUT2D eigenvalue weighted by molar-refractivity contribution is 0.253. The maximum atomic E-state index is 12.8. The standard InChI is InChI=1S/C28H31N3O2/c1-3-4-5-11-21(23-14-8-12-20-10-6-7-13-22(20)23)19-31(28(29)32)27-24-15-9-18-30-25(24)16-17-26(27)33-2/h6-10,12-18,21H,3-5,11,19H2,1-2H3,(H2,29,32). The van der Waals surface area contributed by atoms with Gasteiger partial charge in [0, 0.05) is 24.0 Å². The predicted octanol–water partition coefficient (Wildman–Crippen LogP) is 6.65. The molecule has 0 aliphatic rings. The summed E-state index contributed by atoms with van der Waals surface area (Å²) >= 11 is 0. The van der Waals surface area contributed by atoms with Crippen LogP contribution in [-0.4, -0.2) is 24.7 Å². The number of aromatic nitrogens is 1. The first-order chi connectivity index (χ1) is 16.1. The molecule has 4 rings (SSSR count). The fraction of sp³-hybridized carbons (Fsp3) is 0.286. The topological polar surface area (TPSA) is 68.5 Å². The van der Waals surface area contributed by atoms with Crippen LogP contribution in [0.1, 0.15) is 44.1 Å². The molecule has 4 aromatic rings. The maximum absolute atomic E-state index is 12.8. The Morgan fingerprint density at radius 1 is 1.00 bits per heavy atom. The van der Waals surface area contributed by atoms with Gasteiger partial charge < -0.3 is 10.5 Å². The van der Waals surface area contributed by atoms with Gasteiger partial charge in [0.1, 0.15) is 5.75 Å². The van der Waals surface area contributed by atoms with Crippen molar-refractivity contribution >= 4 is 33.4 Å². The molecule has 0 fully saturated rings. The van der Waals surface area contributed by atoms with E-state index in [9.17, 15) is 4.79 Å². The third-order valence-electron chi connectivity index (χ3n) is 6.30. The summed E-state index contributed by atoms with van der Waals surface area (Å²) in [5.74, 6) is 0.742. The maximum Gasteiger partial charge on any atom is 0.319 e. The summed E-state index contributed by atoms with van der Waals surface area (Å²) in [7, 11) is 1.61. The van der Waals surface area contributed by atoms with E-state index in [0.717, 1.165) is 36.6 Å². The summed E-state index contributed by atoms with van der Waals surface area (Å²) in [5.41, 5.74) is 8.71. The molecule has 2 N–H and O–H groups in total. The molecule has 1 aromatic heterocycles. The number of nitrogens with zero attached hydrogens (tertiary/aromatic N) is 2. The summed E-state index contributed by atoms with van der Waals surface area (Å²) in [6.07, 6.45) is 6.10. The van der Waals surface area contributed by atoms with E-state index in [1.165, 1.54) is 16.3 Å². The summed E-state index contributed by atoms with van der Waals surface area (Å²) in [6, 6.07) is 21.9. The Kier molecular flexibility index (Phi) is 7.08. The second-order valence-electron chi connectivity index (χ2n) is 8.40. The normalized spacial score (nSPS) is 12.1. The number of pyridine rings is 1. The Hall–Kier alpha value is -3.60. The number of benzene rings is 3. The Balaban J connectivity index is 1.81. The Bertz CT molecular complexity index is 1250. The highest BCUT2D eigenvalue weighted by Gasteiger charge is 2.25. The van der Waals surface area contributed by atoms with Crippen LogP contribution in [0.3, 0.4) is 0 Å². The van der Waals surface area contributed by atoms with E-state index in [1.54, 1.807) is 18.2 Å². The molecule has 33 heavy (non-hydrogen) atoms. The largest absolute Gasteiger partial charge is 0.495 e. The second kappa shape index (κ2) is 10.3. The highest BCUT2D eigenvalue weighted by Crippen LogP contribution is 2.38. The van der Waals surface area contributed by atoms with Crippen molar-refractivity contribution in [1.29, 1.82) is 0 Å². The Morgan fingerprint density at radius 2 is 1.79 bits per heavy atom. The van der Waals surface area contributed by atoms with Crippen molar-refractivity contribution in [3.05, 3.63) is 78.5 Å². The molecule has 0 saturated heterocycles.